The molecule has 0 N–H and O–H groups in total. The number of carbonyl (C=O) groups is 1. The average Bonchev–Trinajstić information content (AvgIpc) is 3.37. The van der Waals surface area contributed by atoms with Crippen molar-refractivity contribution < 1.29 is 9.21 Å². The van der Waals surface area contributed by atoms with Crippen molar-refractivity contribution in [1.82, 2.24) is 14.8 Å². The number of hydrogen-bond donors (Lipinski definition) is 0. The number of thioether (sulfide) groups is 1. The molecule has 0 aliphatic carbocycles. The Balaban J connectivity index is 1.52. The lowest BCUT2D eigenvalue weighted by Crippen LogP contribution is -2.04. The van der Waals surface area contributed by atoms with Crippen molar-refractivity contribution >= 4 is 39.9 Å². The number of thiophene rings is 1. The largest absolute Gasteiger partial charge is 0.453 e. The first kappa shape index (κ1) is 16.1. The third kappa shape index (κ3) is 3.12. The fraction of sp³-hybridized carbons (Fsp3) is 0.167. The molecule has 0 saturated heterocycles. The number of ketones is 1. The molecule has 126 valence electrons. The normalized spacial score (nSPS) is 11.2. The van der Waals surface area contributed by atoms with E-state index < -0.39 is 0 Å². The van der Waals surface area contributed by atoms with Gasteiger partial charge in [0.2, 0.25) is 5.78 Å². The van der Waals surface area contributed by atoms with Crippen LogP contribution in [0.2, 0.25) is 0 Å². The van der Waals surface area contributed by atoms with Crippen LogP contribution in [-0.2, 0) is 6.54 Å². The van der Waals surface area contributed by atoms with Gasteiger partial charge in [-0.1, -0.05) is 36.0 Å². The Hall–Kier alpha value is -2.38. The van der Waals surface area contributed by atoms with Gasteiger partial charge in [0, 0.05) is 11.9 Å². The molecule has 5 nitrogen and oxygen atoms in total. The number of hydrogen-bond acceptors (Lipinski definition) is 6. The predicted octanol–water partition coefficient (Wildman–Crippen LogP) is 4.75. The summed E-state index contributed by atoms with van der Waals surface area (Å²) in [6.07, 6.45) is 0. The number of Topliss-reactive ketones (excluding diaryl/α,β-unsaturated/α-hetero) is 1. The summed E-state index contributed by atoms with van der Waals surface area (Å²) in [5.41, 5.74) is 0.729. The van der Waals surface area contributed by atoms with Crippen molar-refractivity contribution in [3.63, 3.8) is 0 Å². The predicted molar refractivity (Wildman–Crippen MR) is 100 cm³/mol. The summed E-state index contributed by atoms with van der Waals surface area (Å²) in [7, 11) is 0. The Bertz CT molecular complexity index is 985. The van der Waals surface area contributed by atoms with E-state index in [2.05, 4.69) is 10.2 Å². The lowest BCUT2D eigenvalue weighted by atomic mass is 10.2. The summed E-state index contributed by atoms with van der Waals surface area (Å²) in [6, 6.07) is 13.4. The van der Waals surface area contributed by atoms with Crippen LogP contribution >= 0.6 is 23.1 Å². The lowest BCUT2D eigenvalue weighted by Gasteiger charge is -2.05. The van der Waals surface area contributed by atoms with Gasteiger partial charge in [-0.25, -0.2) is 0 Å². The maximum atomic E-state index is 12.5. The zero-order valence-corrected chi connectivity index (χ0v) is 15.1. The molecule has 0 atom stereocenters. The van der Waals surface area contributed by atoms with E-state index in [-0.39, 0.29) is 11.5 Å². The molecule has 0 unspecified atom stereocenters. The molecule has 0 radical (unpaired) electrons. The molecule has 3 heterocycles. The highest BCUT2D eigenvalue weighted by atomic mass is 32.2. The van der Waals surface area contributed by atoms with Crippen molar-refractivity contribution in [2.75, 3.05) is 5.75 Å². The molecule has 3 aromatic heterocycles. The number of aromatic nitrogens is 3. The van der Waals surface area contributed by atoms with Gasteiger partial charge in [0.1, 0.15) is 5.58 Å². The zero-order valence-electron chi connectivity index (χ0n) is 13.5. The zero-order chi connectivity index (χ0) is 17.2. The fourth-order valence-electron chi connectivity index (χ4n) is 2.59. The molecule has 4 rings (SSSR count). The van der Waals surface area contributed by atoms with Crippen LogP contribution in [0.1, 0.15) is 17.5 Å². The minimum atomic E-state index is -0.0514. The summed E-state index contributed by atoms with van der Waals surface area (Å²) in [5, 5.41) is 12.2. The second-order valence-electron chi connectivity index (χ2n) is 5.39. The van der Waals surface area contributed by atoms with Crippen molar-refractivity contribution in [2.45, 2.75) is 18.6 Å². The van der Waals surface area contributed by atoms with E-state index in [1.165, 1.54) is 11.8 Å². The first-order chi connectivity index (χ1) is 12.3. The molecule has 25 heavy (non-hydrogen) atoms. The van der Waals surface area contributed by atoms with Gasteiger partial charge in [-0.05, 0) is 30.5 Å². The van der Waals surface area contributed by atoms with Crippen LogP contribution in [0.3, 0.4) is 0 Å². The van der Waals surface area contributed by atoms with Gasteiger partial charge in [0.25, 0.3) is 0 Å². The maximum absolute atomic E-state index is 12.5. The van der Waals surface area contributed by atoms with Gasteiger partial charge in [0.15, 0.2) is 16.7 Å². The van der Waals surface area contributed by atoms with Crippen LogP contribution in [0.25, 0.3) is 21.7 Å². The number of fused-ring (bicyclic) bond motifs is 1. The molecule has 0 saturated carbocycles. The SMILES string of the molecule is CCn1c(SCC(=O)c2cc3ccccc3o2)nnc1-c1cccs1. The fourth-order valence-corrected chi connectivity index (χ4v) is 4.18. The van der Waals surface area contributed by atoms with Crippen LogP contribution in [0.5, 0.6) is 0 Å². The highest BCUT2D eigenvalue weighted by Gasteiger charge is 2.17. The number of benzene rings is 1. The first-order valence-corrected chi connectivity index (χ1v) is 9.74. The summed E-state index contributed by atoms with van der Waals surface area (Å²) in [5.74, 6) is 1.44. The van der Waals surface area contributed by atoms with Crippen molar-refractivity contribution in [3.05, 3.63) is 53.6 Å². The number of nitrogens with zero attached hydrogens (tertiary/aromatic N) is 3. The Labute approximate surface area is 152 Å². The second kappa shape index (κ2) is 6.85. The summed E-state index contributed by atoms with van der Waals surface area (Å²) in [6.45, 7) is 2.80. The van der Waals surface area contributed by atoms with Crippen LogP contribution < -0.4 is 0 Å². The Morgan fingerprint density at radius 3 is 2.88 bits per heavy atom. The molecule has 0 bridgehead atoms. The number of furan rings is 1. The first-order valence-electron chi connectivity index (χ1n) is 7.88. The molecular weight excluding hydrogens is 354 g/mol. The average molecular weight is 369 g/mol. The van der Waals surface area contributed by atoms with E-state index in [9.17, 15) is 4.79 Å². The smallest absolute Gasteiger partial charge is 0.208 e. The highest BCUT2D eigenvalue weighted by Crippen LogP contribution is 2.28. The Kier molecular flexibility index (Phi) is 4.42. The van der Waals surface area contributed by atoms with E-state index in [1.807, 2.05) is 53.3 Å². The van der Waals surface area contributed by atoms with E-state index >= 15 is 0 Å². The van der Waals surface area contributed by atoms with Gasteiger partial charge >= 0.3 is 0 Å². The van der Waals surface area contributed by atoms with Crippen LogP contribution in [0, 0.1) is 0 Å². The highest BCUT2D eigenvalue weighted by molar-refractivity contribution is 7.99. The Morgan fingerprint density at radius 2 is 2.12 bits per heavy atom. The molecule has 0 aliphatic heterocycles. The molecule has 4 aromatic rings. The van der Waals surface area contributed by atoms with E-state index in [4.69, 9.17) is 4.42 Å². The van der Waals surface area contributed by atoms with Crippen LogP contribution in [-0.4, -0.2) is 26.3 Å². The summed E-state index contributed by atoms with van der Waals surface area (Å²) in [4.78, 5) is 13.5. The minimum absolute atomic E-state index is 0.0514. The lowest BCUT2D eigenvalue weighted by molar-refractivity contribution is 0.0994. The monoisotopic (exact) mass is 369 g/mol. The van der Waals surface area contributed by atoms with Gasteiger partial charge in [-0.3, -0.25) is 4.79 Å². The molecule has 1 aromatic carbocycles. The standard InChI is InChI=1S/C18H15N3O2S2/c1-2-21-17(16-8-5-9-24-16)19-20-18(21)25-11-13(22)15-10-12-6-3-4-7-14(12)23-15/h3-10H,2,11H2,1H3. The summed E-state index contributed by atoms with van der Waals surface area (Å²) >= 11 is 3.02. The molecule has 0 fully saturated rings. The third-order valence-electron chi connectivity index (χ3n) is 3.81. The third-order valence-corrected chi connectivity index (χ3v) is 5.64. The van der Waals surface area contributed by atoms with Gasteiger partial charge in [-0.15, -0.1) is 21.5 Å². The second-order valence-corrected chi connectivity index (χ2v) is 7.28. The van der Waals surface area contributed by atoms with Gasteiger partial charge < -0.3 is 8.98 Å². The minimum Gasteiger partial charge on any atom is -0.453 e. The van der Waals surface area contributed by atoms with E-state index in [1.54, 1.807) is 17.4 Å². The van der Waals surface area contributed by atoms with Crippen LogP contribution in [0.15, 0.2) is 57.4 Å². The number of para-hydroxylation sites is 1. The van der Waals surface area contributed by atoms with Gasteiger partial charge in [0.05, 0.1) is 10.6 Å². The van der Waals surface area contributed by atoms with E-state index in [0.29, 0.717) is 5.76 Å². The molecule has 0 aliphatic rings. The quantitative estimate of drug-likeness (QED) is 0.363. The molecule has 7 heteroatoms. The summed E-state index contributed by atoms with van der Waals surface area (Å²) < 4.78 is 7.67. The van der Waals surface area contributed by atoms with Gasteiger partial charge in [-0.2, -0.15) is 0 Å². The molecule has 0 amide bonds. The maximum Gasteiger partial charge on any atom is 0.208 e. The van der Waals surface area contributed by atoms with Crippen molar-refractivity contribution in [1.29, 1.82) is 0 Å². The molecule has 0 spiro atoms. The Morgan fingerprint density at radius 1 is 1.24 bits per heavy atom. The van der Waals surface area contributed by atoms with Crippen LogP contribution in [0.4, 0.5) is 0 Å². The van der Waals surface area contributed by atoms with E-state index in [0.717, 1.165) is 33.4 Å². The topological polar surface area (TPSA) is 60.9 Å². The van der Waals surface area contributed by atoms with Crippen molar-refractivity contribution in [3.8, 4) is 10.7 Å². The number of carbonyl (C=O) groups excluding carboxylic acids is 1. The number of rotatable bonds is 6. The van der Waals surface area contributed by atoms with Crippen molar-refractivity contribution in [2.24, 2.45) is 0 Å². The molecular formula is C18H15N3O2S2.